The molecule has 24 heavy (non-hydrogen) atoms. The lowest BCUT2D eigenvalue weighted by Gasteiger charge is -2.00. The van der Waals surface area contributed by atoms with Gasteiger partial charge in [0.1, 0.15) is 10.8 Å². The van der Waals surface area contributed by atoms with Crippen molar-refractivity contribution >= 4 is 34.7 Å². The molecule has 0 aliphatic carbocycles. The Morgan fingerprint density at radius 3 is 2.88 bits per heavy atom. The molecule has 0 unspecified atom stereocenters. The molecule has 0 aliphatic heterocycles. The minimum Gasteiger partial charge on any atom is -0.348 e. The van der Waals surface area contributed by atoms with Gasteiger partial charge in [-0.25, -0.2) is 9.37 Å². The zero-order chi connectivity index (χ0) is 16.9. The SMILES string of the molecule is Cc1nc(-c2ccccc2F)sc1CNC(=O)C=Cc1cccs1. The average molecular weight is 358 g/mol. The summed E-state index contributed by atoms with van der Waals surface area (Å²) in [5.41, 5.74) is 1.29. The average Bonchev–Trinajstić information content (AvgIpc) is 3.21. The van der Waals surface area contributed by atoms with Crippen LogP contribution in [0, 0.1) is 12.7 Å². The molecule has 1 aromatic carbocycles. The molecule has 0 spiro atoms. The number of nitrogens with one attached hydrogen (secondary N) is 1. The molecule has 0 atom stereocenters. The number of aromatic nitrogens is 1. The van der Waals surface area contributed by atoms with Crippen molar-refractivity contribution in [3.8, 4) is 10.6 Å². The Hall–Kier alpha value is -2.31. The third-order valence-corrected chi connectivity index (χ3v) is 5.39. The number of thiazole rings is 1. The second-order valence-electron chi connectivity index (χ2n) is 5.07. The van der Waals surface area contributed by atoms with E-state index >= 15 is 0 Å². The monoisotopic (exact) mass is 358 g/mol. The van der Waals surface area contributed by atoms with E-state index in [2.05, 4.69) is 10.3 Å². The van der Waals surface area contributed by atoms with Crippen LogP contribution in [-0.4, -0.2) is 10.9 Å². The quantitative estimate of drug-likeness (QED) is 0.675. The number of carbonyl (C=O) groups is 1. The summed E-state index contributed by atoms with van der Waals surface area (Å²) in [6.07, 6.45) is 3.30. The number of nitrogens with zero attached hydrogens (tertiary/aromatic N) is 1. The molecule has 3 aromatic rings. The van der Waals surface area contributed by atoms with E-state index in [1.54, 1.807) is 35.6 Å². The van der Waals surface area contributed by atoms with Crippen LogP contribution in [0.15, 0.2) is 47.9 Å². The van der Waals surface area contributed by atoms with Crippen LogP contribution in [0.1, 0.15) is 15.4 Å². The van der Waals surface area contributed by atoms with Gasteiger partial charge in [0.15, 0.2) is 0 Å². The first kappa shape index (κ1) is 16.5. The molecule has 3 rings (SSSR count). The Morgan fingerprint density at radius 1 is 1.29 bits per heavy atom. The highest BCUT2D eigenvalue weighted by atomic mass is 32.1. The summed E-state index contributed by atoms with van der Waals surface area (Å²) in [5.74, 6) is -0.454. The first-order chi connectivity index (χ1) is 11.6. The molecule has 1 amide bonds. The van der Waals surface area contributed by atoms with Gasteiger partial charge in [0.2, 0.25) is 5.91 Å². The van der Waals surface area contributed by atoms with Gasteiger partial charge in [-0.3, -0.25) is 4.79 Å². The van der Waals surface area contributed by atoms with Gasteiger partial charge in [-0.1, -0.05) is 18.2 Å². The summed E-state index contributed by atoms with van der Waals surface area (Å²) in [6.45, 7) is 2.25. The van der Waals surface area contributed by atoms with Crippen LogP contribution in [0.3, 0.4) is 0 Å². The van der Waals surface area contributed by atoms with E-state index in [4.69, 9.17) is 0 Å². The number of amides is 1. The summed E-state index contributed by atoms with van der Waals surface area (Å²) >= 11 is 2.97. The van der Waals surface area contributed by atoms with Gasteiger partial charge in [-0.15, -0.1) is 22.7 Å². The van der Waals surface area contributed by atoms with Gasteiger partial charge in [0, 0.05) is 21.4 Å². The number of halogens is 1. The molecular formula is C18H15FN2OS2. The van der Waals surface area contributed by atoms with Crippen LogP contribution < -0.4 is 5.32 Å². The number of thiophene rings is 1. The maximum atomic E-state index is 13.9. The largest absolute Gasteiger partial charge is 0.348 e. The second kappa shape index (κ2) is 7.51. The summed E-state index contributed by atoms with van der Waals surface area (Å²) in [6, 6.07) is 10.4. The fraction of sp³-hybridized carbons (Fsp3) is 0.111. The van der Waals surface area contributed by atoms with Crippen molar-refractivity contribution in [1.82, 2.24) is 10.3 Å². The number of rotatable bonds is 5. The first-order valence-electron chi connectivity index (χ1n) is 7.34. The standard InChI is InChI=1S/C18H15FN2OS2/c1-12-16(11-20-17(22)9-8-13-5-4-10-23-13)24-18(21-12)14-6-2-3-7-15(14)19/h2-10H,11H2,1H3,(H,20,22). The minimum atomic E-state index is -0.291. The van der Waals surface area contributed by atoms with E-state index in [0.717, 1.165) is 15.4 Å². The number of benzene rings is 1. The summed E-state index contributed by atoms with van der Waals surface area (Å²) < 4.78 is 13.9. The second-order valence-corrected chi connectivity index (χ2v) is 7.14. The van der Waals surface area contributed by atoms with Gasteiger partial charge in [-0.05, 0) is 36.6 Å². The van der Waals surface area contributed by atoms with E-state index < -0.39 is 0 Å². The van der Waals surface area contributed by atoms with Crippen LogP contribution in [0.4, 0.5) is 4.39 Å². The molecule has 0 aliphatic rings. The lowest BCUT2D eigenvalue weighted by Crippen LogP contribution is -2.19. The van der Waals surface area contributed by atoms with E-state index in [1.165, 1.54) is 23.5 Å². The van der Waals surface area contributed by atoms with E-state index in [-0.39, 0.29) is 11.7 Å². The number of hydrogen-bond donors (Lipinski definition) is 1. The maximum absolute atomic E-state index is 13.9. The highest BCUT2D eigenvalue weighted by molar-refractivity contribution is 7.15. The smallest absolute Gasteiger partial charge is 0.244 e. The Bertz CT molecular complexity index is 869. The number of hydrogen-bond acceptors (Lipinski definition) is 4. The number of carbonyl (C=O) groups excluding carboxylic acids is 1. The zero-order valence-electron chi connectivity index (χ0n) is 13.0. The van der Waals surface area contributed by atoms with E-state index in [1.807, 2.05) is 24.4 Å². The third kappa shape index (κ3) is 3.96. The highest BCUT2D eigenvalue weighted by Gasteiger charge is 2.12. The highest BCUT2D eigenvalue weighted by Crippen LogP contribution is 2.29. The van der Waals surface area contributed by atoms with Crippen molar-refractivity contribution < 1.29 is 9.18 Å². The van der Waals surface area contributed by atoms with Crippen molar-refractivity contribution in [3.63, 3.8) is 0 Å². The van der Waals surface area contributed by atoms with Gasteiger partial charge >= 0.3 is 0 Å². The Kier molecular flexibility index (Phi) is 5.17. The number of aryl methyl sites for hydroxylation is 1. The van der Waals surface area contributed by atoms with Gasteiger partial charge in [-0.2, -0.15) is 0 Å². The van der Waals surface area contributed by atoms with Crippen LogP contribution in [0.2, 0.25) is 0 Å². The van der Waals surface area contributed by atoms with Crippen LogP contribution in [-0.2, 0) is 11.3 Å². The molecule has 0 fully saturated rings. The fourth-order valence-electron chi connectivity index (χ4n) is 2.11. The zero-order valence-corrected chi connectivity index (χ0v) is 14.6. The summed E-state index contributed by atoms with van der Waals surface area (Å²) in [7, 11) is 0. The molecule has 2 heterocycles. The Balaban J connectivity index is 1.66. The summed E-state index contributed by atoms with van der Waals surface area (Å²) in [4.78, 5) is 18.3. The van der Waals surface area contributed by atoms with Crippen molar-refractivity contribution in [2.75, 3.05) is 0 Å². The normalized spacial score (nSPS) is 11.1. The van der Waals surface area contributed by atoms with Crippen molar-refractivity contribution in [2.45, 2.75) is 13.5 Å². The topological polar surface area (TPSA) is 42.0 Å². The fourth-order valence-corrected chi connectivity index (χ4v) is 3.76. The minimum absolute atomic E-state index is 0.163. The van der Waals surface area contributed by atoms with Crippen LogP contribution in [0.5, 0.6) is 0 Å². The Morgan fingerprint density at radius 2 is 2.12 bits per heavy atom. The molecule has 1 N–H and O–H groups in total. The lowest BCUT2D eigenvalue weighted by molar-refractivity contribution is -0.116. The Labute approximate surface area is 147 Å². The molecule has 0 radical (unpaired) electrons. The van der Waals surface area contributed by atoms with Gasteiger partial charge in [0.25, 0.3) is 0 Å². The third-order valence-electron chi connectivity index (χ3n) is 3.36. The first-order valence-corrected chi connectivity index (χ1v) is 9.04. The summed E-state index contributed by atoms with van der Waals surface area (Å²) in [5, 5.41) is 5.43. The van der Waals surface area contributed by atoms with Crippen molar-refractivity contribution in [3.05, 3.63) is 69.1 Å². The molecule has 0 bridgehead atoms. The molecule has 0 saturated carbocycles. The molecule has 0 saturated heterocycles. The van der Waals surface area contributed by atoms with E-state index in [0.29, 0.717) is 17.1 Å². The van der Waals surface area contributed by atoms with Gasteiger partial charge in [0.05, 0.1) is 12.2 Å². The maximum Gasteiger partial charge on any atom is 0.244 e. The predicted molar refractivity (Wildman–Crippen MR) is 97.4 cm³/mol. The molecule has 6 heteroatoms. The van der Waals surface area contributed by atoms with E-state index in [9.17, 15) is 9.18 Å². The molecule has 122 valence electrons. The molecular weight excluding hydrogens is 343 g/mol. The lowest BCUT2D eigenvalue weighted by atomic mass is 10.2. The van der Waals surface area contributed by atoms with Crippen molar-refractivity contribution in [2.24, 2.45) is 0 Å². The molecule has 2 aromatic heterocycles. The van der Waals surface area contributed by atoms with Crippen molar-refractivity contribution in [1.29, 1.82) is 0 Å². The van der Waals surface area contributed by atoms with Gasteiger partial charge < -0.3 is 5.32 Å². The molecule has 3 nitrogen and oxygen atoms in total. The van der Waals surface area contributed by atoms with Crippen LogP contribution in [0.25, 0.3) is 16.6 Å². The predicted octanol–water partition coefficient (Wildman–Crippen LogP) is 4.65. The van der Waals surface area contributed by atoms with Crippen LogP contribution >= 0.6 is 22.7 Å².